The van der Waals surface area contributed by atoms with Gasteiger partial charge in [0.2, 0.25) is 5.88 Å². The number of carbonyl (C=O) groups is 1. The third-order valence-electron chi connectivity index (χ3n) is 3.38. The smallest absolute Gasteiger partial charge is 0.261 e. The number of anilines is 1. The van der Waals surface area contributed by atoms with Crippen LogP contribution in [0, 0.1) is 25.5 Å². The van der Waals surface area contributed by atoms with E-state index in [1.165, 1.54) is 17.4 Å². The van der Waals surface area contributed by atoms with Crippen LogP contribution in [0.2, 0.25) is 0 Å². The maximum Gasteiger partial charge on any atom is 0.261 e. The zero-order chi connectivity index (χ0) is 18.0. The number of aromatic nitrogens is 1. The zero-order valence-electron chi connectivity index (χ0n) is 13.5. The second-order valence-corrected chi connectivity index (χ2v) is 6.68. The summed E-state index contributed by atoms with van der Waals surface area (Å²) in [4.78, 5) is 17.3. The summed E-state index contributed by atoms with van der Waals surface area (Å²) in [6, 6.07) is 9.72. The van der Waals surface area contributed by atoms with Crippen molar-refractivity contribution in [1.29, 1.82) is 0 Å². The maximum atomic E-state index is 13.6. The predicted octanol–water partition coefficient (Wildman–Crippen LogP) is 5.08. The van der Waals surface area contributed by atoms with E-state index >= 15 is 0 Å². The van der Waals surface area contributed by atoms with Gasteiger partial charge in [0.1, 0.15) is 22.9 Å². The topological polar surface area (TPSA) is 51.2 Å². The lowest BCUT2D eigenvalue weighted by Crippen LogP contribution is -2.15. The van der Waals surface area contributed by atoms with Crippen molar-refractivity contribution in [2.75, 3.05) is 5.32 Å². The molecule has 3 rings (SSSR count). The molecule has 4 nitrogen and oxygen atoms in total. The Labute approximate surface area is 147 Å². The van der Waals surface area contributed by atoms with Gasteiger partial charge in [0.05, 0.1) is 9.88 Å². The minimum Gasteiger partial charge on any atom is -0.438 e. The molecule has 1 amide bonds. The number of rotatable bonds is 4. The third-order valence-corrected chi connectivity index (χ3v) is 4.25. The van der Waals surface area contributed by atoms with E-state index in [0.717, 1.165) is 22.0 Å². The number of nitrogens with zero attached hydrogens (tertiary/aromatic N) is 1. The molecule has 1 aromatic heterocycles. The van der Waals surface area contributed by atoms with E-state index < -0.39 is 23.1 Å². The summed E-state index contributed by atoms with van der Waals surface area (Å²) in [5.41, 5.74) is -0.220. The van der Waals surface area contributed by atoms with Crippen molar-refractivity contribution in [3.63, 3.8) is 0 Å². The Balaban J connectivity index is 1.72. The number of amides is 1. The molecule has 3 aromatic rings. The van der Waals surface area contributed by atoms with Crippen LogP contribution in [0.3, 0.4) is 0 Å². The second kappa shape index (κ2) is 6.98. The highest BCUT2D eigenvalue weighted by Crippen LogP contribution is 2.29. The van der Waals surface area contributed by atoms with Gasteiger partial charge >= 0.3 is 0 Å². The van der Waals surface area contributed by atoms with Gasteiger partial charge in [-0.05, 0) is 50.2 Å². The average Bonchev–Trinajstić information content (AvgIpc) is 2.86. The highest BCUT2D eigenvalue weighted by atomic mass is 32.1. The molecule has 2 aromatic carbocycles. The van der Waals surface area contributed by atoms with Gasteiger partial charge in [-0.1, -0.05) is 6.07 Å². The molecule has 1 heterocycles. The molecular weight excluding hydrogens is 346 g/mol. The second-order valence-electron chi connectivity index (χ2n) is 5.27. The Hall–Kier alpha value is -2.80. The van der Waals surface area contributed by atoms with Gasteiger partial charge in [-0.15, -0.1) is 11.3 Å². The molecular formula is C18H14F2N2O2S. The van der Waals surface area contributed by atoms with Gasteiger partial charge in [0.15, 0.2) is 0 Å². The SMILES string of the molecule is Cc1nc(Oc2ccc(NC(=O)c3c(F)cccc3F)cc2)c(C)s1. The molecule has 0 aliphatic heterocycles. The molecule has 25 heavy (non-hydrogen) atoms. The molecule has 1 N–H and O–H groups in total. The first kappa shape index (κ1) is 17.0. The van der Waals surface area contributed by atoms with Crippen LogP contribution in [0.5, 0.6) is 11.6 Å². The summed E-state index contributed by atoms with van der Waals surface area (Å²) in [5, 5.41) is 3.36. The number of aryl methyl sites for hydroxylation is 2. The van der Waals surface area contributed by atoms with Crippen LogP contribution in [-0.2, 0) is 0 Å². The number of hydrogen-bond donors (Lipinski definition) is 1. The highest BCUT2D eigenvalue weighted by molar-refractivity contribution is 7.11. The van der Waals surface area contributed by atoms with Crippen LogP contribution in [0.25, 0.3) is 0 Å². The molecule has 0 unspecified atom stereocenters. The molecule has 0 aliphatic carbocycles. The van der Waals surface area contributed by atoms with Gasteiger partial charge in [-0.25, -0.2) is 13.8 Å². The first-order valence-corrected chi connectivity index (χ1v) is 8.23. The number of thiazole rings is 1. The highest BCUT2D eigenvalue weighted by Gasteiger charge is 2.17. The quantitative estimate of drug-likeness (QED) is 0.706. The first-order valence-electron chi connectivity index (χ1n) is 7.41. The molecule has 128 valence electrons. The van der Waals surface area contributed by atoms with Crippen molar-refractivity contribution in [3.8, 4) is 11.6 Å². The summed E-state index contributed by atoms with van der Waals surface area (Å²) < 4.78 is 32.9. The van der Waals surface area contributed by atoms with Crippen molar-refractivity contribution in [2.24, 2.45) is 0 Å². The normalized spacial score (nSPS) is 10.6. The van der Waals surface area contributed by atoms with Gasteiger partial charge in [-0.3, -0.25) is 4.79 Å². The van der Waals surface area contributed by atoms with E-state index in [9.17, 15) is 13.6 Å². The Morgan fingerprint density at radius 2 is 1.72 bits per heavy atom. The largest absolute Gasteiger partial charge is 0.438 e. The lowest BCUT2D eigenvalue weighted by Gasteiger charge is -2.08. The molecule has 0 saturated carbocycles. The van der Waals surface area contributed by atoms with Crippen LogP contribution >= 0.6 is 11.3 Å². The first-order chi connectivity index (χ1) is 11.9. The van der Waals surface area contributed by atoms with E-state index in [0.29, 0.717) is 17.3 Å². The van der Waals surface area contributed by atoms with Crippen LogP contribution in [0.15, 0.2) is 42.5 Å². The number of carbonyl (C=O) groups excluding carboxylic acids is 1. The monoisotopic (exact) mass is 360 g/mol. The molecule has 0 radical (unpaired) electrons. The molecule has 7 heteroatoms. The number of hydrogen-bond acceptors (Lipinski definition) is 4. The lowest BCUT2D eigenvalue weighted by molar-refractivity contribution is 0.101. The molecule has 0 spiro atoms. The molecule has 0 fully saturated rings. The summed E-state index contributed by atoms with van der Waals surface area (Å²) in [6.45, 7) is 3.81. The summed E-state index contributed by atoms with van der Waals surface area (Å²) in [6.07, 6.45) is 0. The van der Waals surface area contributed by atoms with Crippen molar-refractivity contribution in [3.05, 3.63) is 69.5 Å². The molecule has 0 saturated heterocycles. The van der Waals surface area contributed by atoms with Gasteiger partial charge in [0.25, 0.3) is 5.91 Å². The van der Waals surface area contributed by atoms with E-state index in [1.54, 1.807) is 24.3 Å². The number of halogens is 2. The Bertz CT molecular complexity index is 903. The fourth-order valence-corrected chi connectivity index (χ4v) is 2.98. The minimum atomic E-state index is -0.910. The van der Waals surface area contributed by atoms with Crippen LogP contribution in [0.1, 0.15) is 20.2 Å². The van der Waals surface area contributed by atoms with E-state index in [-0.39, 0.29) is 0 Å². The Morgan fingerprint density at radius 3 is 2.28 bits per heavy atom. The number of benzene rings is 2. The van der Waals surface area contributed by atoms with Crippen molar-refractivity contribution >= 4 is 22.9 Å². The van der Waals surface area contributed by atoms with Crippen LogP contribution < -0.4 is 10.1 Å². The van der Waals surface area contributed by atoms with Crippen molar-refractivity contribution in [2.45, 2.75) is 13.8 Å². The Morgan fingerprint density at radius 1 is 1.08 bits per heavy atom. The predicted molar refractivity (Wildman–Crippen MR) is 92.4 cm³/mol. The fraction of sp³-hybridized carbons (Fsp3) is 0.111. The van der Waals surface area contributed by atoms with Crippen LogP contribution in [0.4, 0.5) is 14.5 Å². The molecule has 0 atom stereocenters. The third kappa shape index (κ3) is 3.83. The van der Waals surface area contributed by atoms with Gasteiger partial charge < -0.3 is 10.1 Å². The molecule has 0 bridgehead atoms. The van der Waals surface area contributed by atoms with Crippen LogP contribution in [-0.4, -0.2) is 10.9 Å². The zero-order valence-corrected chi connectivity index (χ0v) is 14.3. The standard InChI is InChI=1S/C18H14F2N2O2S/c1-10-18(21-11(2)25-10)24-13-8-6-12(7-9-13)22-17(23)16-14(19)4-3-5-15(16)20/h3-9H,1-2H3,(H,22,23). The van der Waals surface area contributed by atoms with Crippen molar-refractivity contribution in [1.82, 2.24) is 4.98 Å². The van der Waals surface area contributed by atoms with Crippen molar-refractivity contribution < 1.29 is 18.3 Å². The summed E-state index contributed by atoms with van der Waals surface area (Å²) >= 11 is 1.54. The fourth-order valence-electron chi connectivity index (χ4n) is 2.23. The van der Waals surface area contributed by atoms with Gasteiger partial charge in [0, 0.05) is 5.69 Å². The number of ether oxygens (including phenoxy) is 1. The lowest BCUT2D eigenvalue weighted by atomic mass is 10.2. The van der Waals surface area contributed by atoms with E-state index in [2.05, 4.69) is 10.3 Å². The average molecular weight is 360 g/mol. The Kier molecular flexibility index (Phi) is 4.76. The minimum absolute atomic E-state index is 0.395. The molecule has 0 aliphatic rings. The summed E-state index contributed by atoms with van der Waals surface area (Å²) in [7, 11) is 0. The maximum absolute atomic E-state index is 13.6. The van der Waals surface area contributed by atoms with E-state index in [4.69, 9.17) is 4.74 Å². The summed E-state index contributed by atoms with van der Waals surface area (Å²) in [5.74, 6) is -1.59. The van der Waals surface area contributed by atoms with Gasteiger partial charge in [-0.2, -0.15) is 0 Å². The van der Waals surface area contributed by atoms with E-state index in [1.807, 2.05) is 13.8 Å². The number of nitrogens with one attached hydrogen (secondary N) is 1.